The number of rotatable bonds is 5. The monoisotopic (exact) mass is 378 g/mol. The zero-order valence-corrected chi connectivity index (χ0v) is 14.3. The Labute approximate surface area is 143 Å². The molecule has 7 nitrogen and oxygen atoms in total. The van der Waals surface area contributed by atoms with Crippen LogP contribution in [0.15, 0.2) is 35.1 Å². The summed E-state index contributed by atoms with van der Waals surface area (Å²) in [5, 5.41) is 9.66. The fraction of sp³-hybridized carbons (Fsp3) is 0.400. The van der Waals surface area contributed by atoms with Crippen molar-refractivity contribution in [2.75, 3.05) is 38.0 Å². The van der Waals surface area contributed by atoms with E-state index in [1.807, 2.05) is 24.3 Å². The van der Waals surface area contributed by atoms with Gasteiger partial charge >= 0.3 is 0 Å². The summed E-state index contributed by atoms with van der Waals surface area (Å²) in [6, 6.07) is 7.60. The van der Waals surface area contributed by atoms with E-state index in [-0.39, 0.29) is 5.91 Å². The van der Waals surface area contributed by atoms with Crippen molar-refractivity contribution < 1.29 is 4.79 Å². The molecule has 2 heterocycles. The van der Waals surface area contributed by atoms with E-state index in [1.165, 1.54) is 6.33 Å². The van der Waals surface area contributed by atoms with Crippen LogP contribution in [-0.4, -0.2) is 63.6 Å². The van der Waals surface area contributed by atoms with E-state index in [9.17, 15) is 4.79 Å². The van der Waals surface area contributed by atoms with Gasteiger partial charge in [-0.1, -0.05) is 15.9 Å². The van der Waals surface area contributed by atoms with Gasteiger partial charge < -0.3 is 5.32 Å². The van der Waals surface area contributed by atoms with E-state index in [0.717, 1.165) is 48.7 Å². The molecule has 8 heteroatoms. The number of hydrogen-bond acceptors (Lipinski definition) is 5. The van der Waals surface area contributed by atoms with Gasteiger partial charge in [-0.25, -0.2) is 4.98 Å². The quantitative estimate of drug-likeness (QED) is 0.820. The lowest BCUT2D eigenvalue weighted by Crippen LogP contribution is -2.48. The first-order valence-corrected chi connectivity index (χ1v) is 8.33. The lowest BCUT2D eigenvalue weighted by atomic mass is 10.3. The van der Waals surface area contributed by atoms with Crippen LogP contribution in [0, 0.1) is 0 Å². The molecule has 2 aromatic rings. The fourth-order valence-electron chi connectivity index (χ4n) is 2.56. The molecule has 23 heavy (non-hydrogen) atoms. The summed E-state index contributed by atoms with van der Waals surface area (Å²) in [6.07, 6.45) is 1.53. The molecular weight excluding hydrogens is 360 g/mol. The van der Waals surface area contributed by atoms with Crippen LogP contribution in [0.1, 0.15) is 5.82 Å². The number of nitrogens with one attached hydrogen (secondary N) is 2. The molecule has 1 aliphatic rings. The average molecular weight is 379 g/mol. The molecular formula is C15H19BrN6O. The van der Waals surface area contributed by atoms with Crippen LogP contribution < -0.4 is 5.32 Å². The van der Waals surface area contributed by atoms with Gasteiger partial charge in [0.1, 0.15) is 12.2 Å². The van der Waals surface area contributed by atoms with Crippen molar-refractivity contribution in [1.82, 2.24) is 25.0 Å². The molecule has 0 aliphatic carbocycles. The Morgan fingerprint density at radius 1 is 1.17 bits per heavy atom. The van der Waals surface area contributed by atoms with E-state index in [1.54, 1.807) is 0 Å². The smallest absolute Gasteiger partial charge is 0.238 e. The molecule has 2 N–H and O–H groups in total. The molecule has 1 fully saturated rings. The van der Waals surface area contributed by atoms with E-state index < -0.39 is 0 Å². The van der Waals surface area contributed by atoms with Crippen LogP contribution in [0.5, 0.6) is 0 Å². The van der Waals surface area contributed by atoms with Crippen molar-refractivity contribution in [3.05, 3.63) is 40.9 Å². The second-order valence-electron chi connectivity index (χ2n) is 5.54. The summed E-state index contributed by atoms with van der Waals surface area (Å²) in [7, 11) is 0. The number of aromatic amines is 1. The summed E-state index contributed by atoms with van der Waals surface area (Å²) < 4.78 is 0.998. The number of nitrogens with zero attached hydrogens (tertiary/aromatic N) is 4. The highest BCUT2D eigenvalue weighted by Crippen LogP contribution is 2.14. The highest BCUT2D eigenvalue weighted by atomic mass is 79.9. The maximum atomic E-state index is 12.1. The minimum Gasteiger partial charge on any atom is -0.325 e. The summed E-state index contributed by atoms with van der Waals surface area (Å²) in [4.78, 5) is 20.7. The van der Waals surface area contributed by atoms with Crippen LogP contribution in [-0.2, 0) is 11.3 Å². The predicted molar refractivity (Wildman–Crippen MR) is 90.9 cm³/mol. The van der Waals surface area contributed by atoms with Crippen molar-refractivity contribution >= 4 is 27.5 Å². The molecule has 1 aromatic heterocycles. The average Bonchev–Trinajstić information content (AvgIpc) is 3.04. The van der Waals surface area contributed by atoms with E-state index in [2.05, 4.69) is 46.2 Å². The number of piperazine rings is 1. The Hall–Kier alpha value is -1.77. The maximum absolute atomic E-state index is 12.1. The van der Waals surface area contributed by atoms with Crippen LogP contribution in [0.3, 0.4) is 0 Å². The highest BCUT2D eigenvalue weighted by molar-refractivity contribution is 9.10. The van der Waals surface area contributed by atoms with E-state index in [4.69, 9.17) is 0 Å². The number of anilines is 1. The number of H-pyrrole nitrogens is 1. The molecule has 1 aliphatic heterocycles. The topological polar surface area (TPSA) is 77.2 Å². The van der Waals surface area contributed by atoms with Gasteiger partial charge in [0.05, 0.1) is 13.1 Å². The van der Waals surface area contributed by atoms with E-state index in [0.29, 0.717) is 6.54 Å². The normalized spacial score (nSPS) is 16.4. The second kappa shape index (κ2) is 7.67. The zero-order valence-electron chi connectivity index (χ0n) is 12.7. The summed E-state index contributed by atoms with van der Waals surface area (Å²) in [5.41, 5.74) is 0.821. The number of aromatic nitrogens is 3. The first-order valence-electron chi connectivity index (χ1n) is 7.53. The summed E-state index contributed by atoms with van der Waals surface area (Å²) in [6.45, 7) is 4.80. The first kappa shape index (κ1) is 16.1. The molecule has 0 atom stereocenters. The number of halogens is 1. The van der Waals surface area contributed by atoms with Crippen molar-refractivity contribution in [3.8, 4) is 0 Å². The van der Waals surface area contributed by atoms with Gasteiger partial charge in [-0.05, 0) is 24.3 Å². The van der Waals surface area contributed by atoms with Gasteiger partial charge in [0.2, 0.25) is 5.91 Å². The van der Waals surface area contributed by atoms with Crippen molar-refractivity contribution in [3.63, 3.8) is 0 Å². The Balaban J connectivity index is 1.41. The molecule has 122 valence electrons. The Bertz CT molecular complexity index is 622. The summed E-state index contributed by atoms with van der Waals surface area (Å²) in [5.74, 6) is 0.905. The highest BCUT2D eigenvalue weighted by Gasteiger charge is 2.19. The van der Waals surface area contributed by atoms with Crippen molar-refractivity contribution in [1.29, 1.82) is 0 Å². The summed E-state index contributed by atoms with van der Waals surface area (Å²) >= 11 is 3.38. The maximum Gasteiger partial charge on any atom is 0.238 e. The standard InChI is InChI=1S/C15H19BrN6O/c16-12-1-3-13(4-2-12)19-15(23)10-22-7-5-21(6-8-22)9-14-17-11-18-20-14/h1-4,11H,5-10H2,(H,19,23)(H,17,18,20). The van der Waals surface area contributed by atoms with Crippen molar-refractivity contribution in [2.45, 2.75) is 6.54 Å². The second-order valence-corrected chi connectivity index (χ2v) is 6.46. The molecule has 0 spiro atoms. The van der Waals surface area contributed by atoms with Gasteiger partial charge in [-0.15, -0.1) is 0 Å². The zero-order chi connectivity index (χ0) is 16.1. The number of amides is 1. The molecule has 1 aromatic carbocycles. The first-order chi connectivity index (χ1) is 11.2. The third kappa shape index (κ3) is 4.85. The number of hydrogen-bond donors (Lipinski definition) is 2. The molecule has 1 saturated heterocycles. The number of carbonyl (C=O) groups is 1. The van der Waals surface area contributed by atoms with Crippen LogP contribution in [0.2, 0.25) is 0 Å². The predicted octanol–water partition coefficient (Wildman–Crippen LogP) is 1.32. The Morgan fingerprint density at radius 2 is 1.87 bits per heavy atom. The number of benzene rings is 1. The molecule has 1 amide bonds. The molecule has 3 rings (SSSR count). The third-order valence-corrected chi connectivity index (χ3v) is 4.33. The fourth-order valence-corrected chi connectivity index (χ4v) is 2.83. The van der Waals surface area contributed by atoms with Gasteiger partial charge in [0.25, 0.3) is 0 Å². The molecule has 0 radical (unpaired) electrons. The lowest BCUT2D eigenvalue weighted by molar-refractivity contribution is -0.117. The largest absolute Gasteiger partial charge is 0.325 e. The number of carbonyl (C=O) groups excluding carboxylic acids is 1. The third-order valence-electron chi connectivity index (χ3n) is 3.80. The van der Waals surface area contributed by atoms with E-state index >= 15 is 0 Å². The van der Waals surface area contributed by atoms with Gasteiger partial charge in [-0.2, -0.15) is 5.10 Å². The van der Waals surface area contributed by atoms with Crippen LogP contribution >= 0.6 is 15.9 Å². The Kier molecular flexibility index (Phi) is 5.37. The van der Waals surface area contributed by atoms with Gasteiger partial charge in [-0.3, -0.25) is 19.7 Å². The Morgan fingerprint density at radius 3 is 2.52 bits per heavy atom. The van der Waals surface area contributed by atoms with Gasteiger partial charge in [0, 0.05) is 36.3 Å². The van der Waals surface area contributed by atoms with Crippen molar-refractivity contribution in [2.24, 2.45) is 0 Å². The van der Waals surface area contributed by atoms with Crippen LogP contribution in [0.25, 0.3) is 0 Å². The lowest BCUT2D eigenvalue weighted by Gasteiger charge is -2.33. The minimum atomic E-state index is 0.0241. The molecule has 0 saturated carbocycles. The van der Waals surface area contributed by atoms with Gasteiger partial charge in [0.15, 0.2) is 0 Å². The molecule has 0 bridgehead atoms. The molecule has 0 unspecified atom stereocenters. The SMILES string of the molecule is O=C(CN1CCN(Cc2ncn[nH]2)CC1)Nc1ccc(Br)cc1. The van der Waals surface area contributed by atoms with Crippen LogP contribution in [0.4, 0.5) is 5.69 Å². The minimum absolute atomic E-state index is 0.0241.